The quantitative estimate of drug-likeness (QED) is 0.865. The van der Waals surface area contributed by atoms with E-state index in [1.165, 1.54) is 29.0 Å². The summed E-state index contributed by atoms with van der Waals surface area (Å²) in [7, 11) is 1.53. The SMILES string of the molecule is CN(CC(=O)N1CCCC(C(=O)O)C1)C(=O)C(C)(C)c1cccc(F)c1. The number of nitrogens with zero attached hydrogens (tertiary/aromatic N) is 2. The van der Waals surface area contributed by atoms with Gasteiger partial charge in [0.1, 0.15) is 5.82 Å². The summed E-state index contributed by atoms with van der Waals surface area (Å²) in [4.78, 5) is 39.2. The van der Waals surface area contributed by atoms with Crippen molar-refractivity contribution in [3.63, 3.8) is 0 Å². The molecule has 1 N–H and O–H groups in total. The van der Waals surface area contributed by atoms with E-state index in [1.807, 2.05) is 0 Å². The van der Waals surface area contributed by atoms with Crippen LogP contribution in [0.25, 0.3) is 0 Å². The van der Waals surface area contributed by atoms with Crippen molar-refractivity contribution in [2.75, 3.05) is 26.7 Å². The van der Waals surface area contributed by atoms with Gasteiger partial charge in [-0.05, 0) is 44.4 Å². The van der Waals surface area contributed by atoms with Gasteiger partial charge in [0.05, 0.1) is 17.9 Å². The van der Waals surface area contributed by atoms with Crippen LogP contribution in [0.5, 0.6) is 0 Å². The van der Waals surface area contributed by atoms with E-state index < -0.39 is 23.1 Å². The zero-order valence-electron chi connectivity index (χ0n) is 15.4. The maximum absolute atomic E-state index is 13.5. The fraction of sp³-hybridized carbons (Fsp3) is 0.526. The Morgan fingerprint density at radius 1 is 1.35 bits per heavy atom. The normalized spacial score (nSPS) is 17.7. The lowest BCUT2D eigenvalue weighted by atomic mass is 9.83. The van der Waals surface area contributed by atoms with Crippen LogP contribution < -0.4 is 0 Å². The summed E-state index contributed by atoms with van der Waals surface area (Å²) in [6.45, 7) is 3.91. The molecule has 1 atom stereocenters. The van der Waals surface area contributed by atoms with Gasteiger partial charge in [-0.25, -0.2) is 4.39 Å². The molecule has 1 aromatic carbocycles. The molecular formula is C19H25FN2O4. The lowest BCUT2D eigenvalue weighted by molar-refractivity contribution is -0.148. The number of aliphatic carboxylic acids is 1. The minimum absolute atomic E-state index is 0.135. The summed E-state index contributed by atoms with van der Waals surface area (Å²) < 4.78 is 13.5. The Hall–Kier alpha value is -2.44. The molecule has 0 saturated carbocycles. The molecule has 7 heteroatoms. The van der Waals surface area contributed by atoms with E-state index in [4.69, 9.17) is 5.11 Å². The van der Waals surface area contributed by atoms with E-state index >= 15 is 0 Å². The topological polar surface area (TPSA) is 77.9 Å². The standard InChI is InChI=1S/C19H25FN2O4/c1-19(2,14-7-4-8-15(20)10-14)18(26)21(3)12-16(23)22-9-5-6-13(11-22)17(24)25/h4,7-8,10,13H,5-6,9,11-12H2,1-3H3,(H,24,25). The molecule has 0 spiro atoms. The van der Waals surface area contributed by atoms with Crippen molar-refractivity contribution in [3.8, 4) is 0 Å². The van der Waals surface area contributed by atoms with Crippen LogP contribution >= 0.6 is 0 Å². The molecule has 26 heavy (non-hydrogen) atoms. The molecule has 1 fully saturated rings. The van der Waals surface area contributed by atoms with Crippen molar-refractivity contribution < 1.29 is 23.9 Å². The molecule has 142 valence electrons. The van der Waals surface area contributed by atoms with Gasteiger partial charge in [-0.15, -0.1) is 0 Å². The van der Waals surface area contributed by atoms with E-state index in [9.17, 15) is 18.8 Å². The second kappa shape index (κ2) is 7.85. The van der Waals surface area contributed by atoms with Crippen LogP contribution in [0.3, 0.4) is 0 Å². The number of rotatable bonds is 5. The number of halogens is 1. The fourth-order valence-electron chi connectivity index (χ4n) is 3.26. The first-order valence-electron chi connectivity index (χ1n) is 8.65. The van der Waals surface area contributed by atoms with Gasteiger partial charge in [-0.3, -0.25) is 14.4 Å². The number of carboxylic acid groups (broad SMARTS) is 1. The Kier molecular flexibility index (Phi) is 6.00. The van der Waals surface area contributed by atoms with Crippen molar-refractivity contribution in [2.24, 2.45) is 5.92 Å². The summed E-state index contributed by atoms with van der Waals surface area (Å²) in [5, 5.41) is 9.13. The molecule has 1 saturated heterocycles. The van der Waals surface area contributed by atoms with Crippen LogP contribution in [0.4, 0.5) is 4.39 Å². The summed E-state index contributed by atoms with van der Waals surface area (Å²) in [6, 6.07) is 5.85. The highest BCUT2D eigenvalue weighted by Crippen LogP contribution is 2.26. The molecule has 0 aromatic heterocycles. The molecule has 1 heterocycles. The highest BCUT2D eigenvalue weighted by atomic mass is 19.1. The second-order valence-electron chi connectivity index (χ2n) is 7.31. The van der Waals surface area contributed by atoms with Gasteiger partial charge in [-0.2, -0.15) is 0 Å². The van der Waals surface area contributed by atoms with E-state index in [-0.39, 0.29) is 24.9 Å². The minimum Gasteiger partial charge on any atom is -0.481 e. The van der Waals surface area contributed by atoms with Gasteiger partial charge in [0.25, 0.3) is 0 Å². The van der Waals surface area contributed by atoms with Gasteiger partial charge >= 0.3 is 5.97 Å². The predicted octanol–water partition coefficient (Wildman–Crippen LogP) is 1.88. The number of hydrogen-bond acceptors (Lipinski definition) is 3. The molecule has 0 radical (unpaired) electrons. The molecule has 1 aromatic rings. The Labute approximate surface area is 152 Å². The number of likely N-dealkylation sites (N-methyl/N-ethyl adjacent to an activating group) is 1. The zero-order chi connectivity index (χ0) is 19.5. The molecule has 1 aliphatic rings. The second-order valence-corrected chi connectivity index (χ2v) is 7.31. The Morgan fingerprint density at radius 3 is 2.65 bits per heavy atom. The molecule has 6 nitrogen and oxygen atoms in total. The third-order valence-corrected chi connectivity index (χ3v) is 4.92. The summed E-state index contributed by atoms with van der Waals surface area (Å²) in [5.41, 5.74) is -0.450. The van der Waals surface area contributed by atoms with E-state index in [2.05, 4.69) is 0 Å². The van der Waals surface area contributed by atoms with Gasteiger partial charge < -0.3 is 14.9 Å². The van der Waals surface area contributed by atoms with Gasteiger partial charge in [0.2, 0.25) is 11.8 Å². The number of amides is 2. The first kappa shape index (κ1) is 19.9. The fourth-order valence-corrected chi connectivity index (χ4v) is 3.26. The number of carbonyl (C=O) groups is 3. The Morgan fingerprint density at radius 2 is 2.04 bits per heavy atom. The molecule has 0 aliphatic carbocycles. The van der Waals surface area contributed by atoms with Crippen molar-refractivity contribution >= 4 is 17.8 Å². The van der Waals surface area contributed by atoms with Crippen molar-refractivity contribution in [1.29, 1.82) is 0 Å². The number of likely N-dealkylation sites (tertiary alicyclic amines) is 1. The minimum atomic E-state index is -0.984. The van der Waals surface area contributed by atoms with Gasteiger partial charge in [-0.1, -0.05) is 12.1 Å². The molecule has 2 rings (SSSR count). The average Bonchev–Trinajstić information content (AvgIpc) is 2.60. The van der Waals surface area contributed by atoms with E-state index in [0.717, 1.165) is 0 Å². The van der Waals surface area contributed by atoms with Gasteiger partial charge in [0, 0.05) is 20.1 Å². The highest BCUT2D eigenvalue weighted by molar-refractivity contribution is 5.91. The zero-order valence-corrected chi connectivity index (χ0v) is 15.4. The monoisotopic (exact) mass is 364 g/mol. The average molecular weight is 364 g/mol. The summed E-state index contributed by atoms with van der Waals surface area (Å²) >= 11 is 0. The number of carbonyl (C=O) groups excluding carboxylic acids is 2. The summed E-state index contributed by atoms with van der Waals surface area (Å²) in [5.74, 6) is -2.46. The molecular weight excluding hydrogens is 339 g/mol. The number of benzene rings is 1. The molecule has 1 unspecified atom stereocenters. The highest BCUT2D eigenvalue weighted by Gasteiger charge is 2.35. The van der Waals surface area contributed by atoms with Gasteiger partial charge in [0.15, 0.2) is 0 Å². The van der Waals surface area contributed by atoms with Crippen LogP contribution in [0.2, 0.25) is 0 Å². The molecule has 2 amide bonds. The molecule has 0 bridgehead atoms. The Bertz CT molecular complexity index is 705. The maximum atomic E-state index is 13.5. The van der Waals surface area contributed by atoms with Crippen molar-refractivity contribution in [3.05, 3.63) is 35.6 Å². The third-order valence-electron chi connectivity index (χ3n) is 4.92. The smallest absolute Gasteiger partial charge is 0.308 e. The summed E-state index contributed by atoms with van der Waals surface area (Å²) in [6.07, 6.45) is 1.19. The lowest BCUT2D eigenvalue weighted by Crippen LogP contribution is -2.49. The maximum Gasteiger partial charge on any atom is 0.308 e. The van der Waals surface area contributed by atoms with Crippen LogP contribution in [0.15, 0.2) is 24.3 Å². The molecule has 1 aliphatic heterocycles. The van der Waals surface area contributed by atoms with Crippen molar-refractivity contribution in [1.82, 2.24) is 9.80 Å². The largest absolute Gasteiger partial charge is 0.481 e. The predicted molar refractivity (Wildman–Crippen MR) is 94.0 cm³/mol. The Balaban J connectivity index is 2.04. The van der Waals surface area contributed by atoms with Crippen molar-refractivity contribution in [2.45, 2.75) is 32.1 Å². The first-order chi connectivity index (χ1) is 12.1. The number of piperidine rings is 1. The van der Waals surface area contributed by atoms with Crippen LogP contribution in [0.1, 0.15) is 32.3 Å². The van der Waals surface area contributed by atoms with E-state index in [1.54, 1.807) is 26.0 Å². The third kappa shape index (κ3) is 4.39. The van der Waals surface area contributed by atoms with Crippen LogP contribution in [-0.2, 0) is 19.8 Å². The van der Waals surface area contributed by atoms with Crippen LogP contribution in [-0.4, -0.2) is 59.4 Å². The van der Waals surface area contributed by atoms with E-state index in [0.29, 0.717) is 24.9 Å². The lowest BCUT2D eigenvalue weighted by Gasteiger charge is -2.34. The number of hydrogen-bond donors (Lipinski definition) is 1. The van der Waals surface area contributed by atoms with Crippen LogP contribution in [0, 0.1) is 11.7 Å². The first-order valence-corrected chi connectivity index (χ1v) is 8.65. The number of carboxylic acids is 1.